The molecule has 1 atom stereocenters. The molecule has 1 heterocycles. The molecule has 1 aromatic rings. The van der Waals surface area contributed by atoms with Gasteiger partial charge in [0, 0.05) is 5.38 Å². The summed E-state index contributed by atoms with van der Waals surface area (Å²) in [6, 6.07) is 0. The highest BCUT2D eigenvalue weighted by molar-refractivity contribution is 7.09. The number of aromatic nitrogens is 1. The van der Waals surface area contributed by atoms with E-state index in [2.05, 4.69) is 11.6 Å². The Morgan fingerprint density at radius 1 is 1.73 bits per heavy atom. The number of aryl methyl sites for hydroxylation is 1. The lowest BCUT2D eigenvalue weighted by molar-refractivity contribution is 0.203. The predicted octanol–water partition coefficient (Wildman–Crippen LogP) is 3.18. The van der Waals surface area contributed by atoms with Crippen LogP contribution in [0.5, 0.6) is 0 Å². The molecule has 82 valence electrons. The molecule has 0 aromatic carbocycles. The van der Waals surface area contributed by atoms with E-state index in [0.717, 1.165) is 29.1 Å². The molecule has 1 rings (SSSR count). The van der Waals surface area contributed by atoms with E-state index in [9.17, 15) is 5.11 Å². The summed E-state index contributed by atoms with van der Waals surface area (Å²) in [6.45, 7) is 7.55. The summed E-state index contributed by atoms with van der Waals surface area (Å²) >= 11 is 1.62. The van der Waals surface area contributed by atoms with Gasteiger partial charge >= 0.3 is 0 Å². The zero-order chi connectivity index (χ0) is 11.3. The van der Waals surface area contributed by atoms with E-state index in [-0.39, 0.29) is 6.10 Å². The fraction of sp³-hybridized carbons (Fsp3) is 0.417. The third-order valence-corrected chi connectivity index (χ3v) is 2.97. The molecule has 0 saturated heterocycles. The van der Waals surface area contributed by atoms with Crippen molar-refractivity contribution in [2.24, 2.45) is 0 Å². The summed E-state index contributed by atoms with van der Waals surface area (Å²) in [4.78, 5) is 4.32. The van der Waals surface area contributed by atoms with Crippen molar-refractivity contribution < 1.29 is 5.11 Å². The topological polar surface area (TPSA) is 33.1 Å². The van der Waals surface area contributed by atoms with E-state index in [4.69, 9.17) is 0 Å². The van der Waals surface area contributed by atoms with E-state index in [1.807, 2.05) is 31.4 Å². The Labute approximate surface area is 95.0 Å². The van der Waals surface area contributed by atoms with Crippen molar-refractivity contribution >= 4 is 17.4 Å². The van der Waals surface area contributed by atoms with Crippen molar-refractivity contribution in [3.8, 4) is 0 Å². The van der Waals surface area contributed by atoms with Crippen LogP contribution < -0.4 is 0 Å². The third-order valence-electron chi connectivity index (χ3n) is 2.18. The van der Waals surface area contributed by atoms with E-state index in [1.165, 1.54) is 0 Å². The number of thiazole rings is 1. The number of aliphatic hydroxyl groups excluding tert-OH is 1. The predicted molar refractivity (Wildman–Crippen MR) is 65.9 cm³/mol. The summed E-state index contributed by atoms with van der Waals surface area (Å²) in [7, 11) is 0. The van der Waals surface area contributed by atoms with Gasteiger partial charge in [0.25, 0.3) is 0 Å². The van der Waals surface area contributed by atoms with Gasteiger partial charge in [-0.1, -0.05) is 6.08 Å². The molecule has 0 aliphatic carbocycles. The van der Waals surface area contributed by atoms with Gasteiger partial charge in [-0.2, -0.15) is 0 Å². The minimum absolute atomic E-state index is 0.384. The second kappa shape index (κ2) is 5.83. The van der Waals surface area contributed by atoms with Gasteiger partial charge in [-0.25, -0.2) is 4.98 Å². The minimum atomic E-state index is -0.384. The number of hydrogen-bond acceptors (Lipinski definition) is 3. The molecule has 3 heteroatoms. The minimum Gasteiger partial charge on any atom is -0.389 e. The Kier molecular flexibility index (Phi) is 4.72. The number of allylic oxidation sites excluding steroid dienone is 1. The molecule has 15 heavy (non-hydrogen) atoms. The van der Waals surface area contributed by atoms with Crippen LogP contribution in [-0.2, 0) is 0 Å². The Morgan fingerprint density at radius 2 is 2.47 bits per heavy atom. The van der Waals surface area contributed by atoms with E-state index >= 15 is 0 Å². The van der Waals surface area contributed by atoms with Crippen molar-refractivity contribution in [1.82, 2.24) is 4.98 Å². The van der Waals surface area contributed by atoms with Crippen LogP contribution in [0.15, 0.2) is 23.6 Å². The molecule has 1 unspecified atom stereocenters. The Bertz CT molecular complexity index is 354. The Hall–Kier alpha value is -0.930. The first kappa shape index (κ1) is 12.1. The summed E-state index contributed by atoms with van der Waals surface area (Å²) in [5, 5.41) is 12.8. The molecule has 1 aromatic heterocycles. The maximum absolute atomic E-state index is 9.78. The number of rotatable bonds is 5. The molecule has 1 N–H and O–H groups in total. The highest BCUT2D eigenvalue weighted by Gasteiger charge is 2.05. The zero-order valence-electron chi connectivity index (χ0n) is 9.23. The SMILES string of the molecule is C=CCCC(O)/C(C)=C/c1csc(C)n1. The maximum Gasteiger partial charge on any atom is 0.0901 e. The van der Waals surface area contributed by atoms with Gasteiger partial charge < -0.3 is 5.11 Å². The summed E-state index contributed by atoms with van der Waals surface area (Å²) in [5.74, 6) is 0. The van der Waals surface area contributed by atoms with Crippen molar-refractivity contribution in [2.75, 3.05) is 0 Å². The second-order valence-electron chi connectivity index (χ2n) is 3.56. The third kappa shape index (κ3) is 3.98. The molecule has 0 amide bonds. The zero-order valence-corrected chi connectivity index (χ0v) is 10.0. The van der Waals surface area contributed by atoms with Crippen LogP contribution in [-0.4, -0.2) is 16.2 Å². The molecular weight excluding hydrogens is 206 g/mol. The maximum atomic E-state index is 9.78. The van der Waals surface area contributed by atoms with Crippen molar-refractivity contribution in [2.45, 2.75) is 32.8 Å². The average Bonchev–Trinajstić information content (AvgIpc) is 2.60. The van der Waals surface area contributed by atoms with Gasteiger partial charge in [-0.05, 0) is 38.3 Å². The van der Waals surface area contributed by atoms with Crippen molar-refractivity contribution in [3.05, 3.63) is 34.3 Å². The van der Waals surface area contributed by atoms with Crippen molar-refractivity contribution in [3.63, 3.8) is 0 Å². The van der Waals surface area contributed by atoms with Gasteiger partial charge in [0.2, 0.25) is 0 Å². The Morgan fingerprint density at radius 3 is 3.00 bits per heavy atom. The van der Waals surface area contributed by atoms with Gasteiger partial charge in [-0.3, -0.25) is 0 Å². The van der Waals surface area contributed by atoms with Crippen LogP contribution in [0.25, 0.3) is 6.08 Å². The van der Waals surface area contributed by atoms with E-state index < -0.39 is 0 Å². The van der Waals surface area contributed by atoms with Crippen molar-refractivity contribution in [1.29, 1.82) is 0 Å². The van der Waals surface area contributed by atoms with Crippen LogP contribution in [0.4, 0.5) is 0 Å². The van der Waals surface area contributed by atoms with Gasteiger partial charge in [-0.15, -0.1) is 17.9 Å². The summed E-state index contributed by atoms with van der Waals surface area (Å²) in [5.41, 5.74) is 1.90. The molecule has 0 fully saturated rings. The monoisotopic (exact) mass is 223 g/mol. The fourth-order valence-corrected chi connectivity index (χ4v) is 1.85. The van der Waals surface area contributed by atoms with Crippen LogP contribution in [0.3, 0.4) is 0 Å². The second-order valence-corrected chi connectivity index (χ2v) is 4.62. The van der Waals surface area contributed by atoms with E-state index in [1.54, 1.807) is 11.3 Å². The van der Waals surface area contributed by atoms with Gasteiger partial charge in [0.15, 0.2) is 0 Å². The first-order chi connectivity index (χ1) is 7.13. The lowest BCUT2D eigenvalue weighted by Gasteiger charge is -2.08. The van der Waals surface area contributed by atoms with Crippen LogP contribution >= 0.6 is 11.3 Å². The first-order valence-corrected chi connectivity index (χ1v) is 5.90. The summed E-state index contributed by atoms with van der Waals surface area (Å²) < 4.78 is 0. The number of nitrogens with zero attached hydrogens (tertiary/aromatic N) is 1. The number of hydrogen-bond donors (Lipinski definition) is 1. The molecule has 0 aliphatic heterocycles. The lowest BCUT2D eigenvalue weighted by Crippen LogP contribution is -2.07. The Balaban J connectivity index is 2.62. The first-order valence-electron chi connectivity index (χ1n) is 5.02. The van der Waals surface area contributed by atoms with Crippen LogP contribution in [0, 0.1) is 6.92 Å². The standard InChI is InChI=1S/C12H17NOS/c1-4-5-6-12(14)9(2)7-11-8-15-10(3)13-11/h4,7-8,12,14H,1,5-6H2,2-3H3/b9-7+. The smallest absolute Gasteiger partial charge is 0.0901 e. The molecule has 0 saturated carbocycles. The quantitative estimate of drug-likeness (QED) is 0.778. The van der Waals surface area contributed by atoms with Gasteiger partial charge in [0.1, 0.15) is 0 Å². The molecule has 2 nitrogen and oxygen atoms in total. The molecule has 0 aliphatic rings. The van der Waals surface area contributed by atoms with Crippen LogP contribution in [0.1, 0.15) is 30.5 Å². The average molecular weight is 223 g/mol. The normalized spacial score (nSPS) is 13.9. The molecule has 0 spiro atoms. The molecule has 0 radical (unpaired) electrons. The highest BCUT2D eigenvalue weighted by Crippen LogP contribution is 2.15. The molecule has 0 bridgehead atoms. The van der Waals surface area contributed by atoms with E-state index in [0.29, 0.717) is 0 Å². The fourth-order valence-electron chi connectivity index (χ4n) is 1.28. The van der Waals surface area contributed by atoms with Crippen LogP contribution in [0.2, 0.25) is 0 Å². The number of aliphatic hydroxyl groups is 1. The molecular formula is C12H17NOS. The highest BCUT2D eigenvalue weighted by atomic mass is 32.1. The van der Waals surface area contributed by atoms with Gasteiger partial charge in [0.05, 0.1) is 16.8 Å². The summed E-state index contributed by atoms with van der Waals surface area (Å²) in [6.07, 6.45) is 4.95. The lowest BCUT2D eigenvalue weighted by atomic mass is 10.1. The largest absolute Gasteiger partial charge is 0.389 e.